The minimum atomic E-state index is -4.75. The predicted molar refractivity (Wildman–Crippen MR) is 86.1 cm³/mol. The molecular weight excluding hydrogens is 323 g/mol. The number of likely N-dealkylation sites (tertiary alicyclic amines) is 1. The first-order valence-corrected chi connectivity index (χ1v) is 8.08. The third-order valence-electron chi connectivity index (χ3n) is 4.42. The molecule has 2 atom stereocenters. The van der Waals surface area contributed by atoms with E-state index in [0.29, 0.717) is 6.04 Å². The van der Waals surface area contributed by atoms with Gasteiger partial charge < -0.3 is 5.32 Å². The number of hydrogen-bond donors (Lipinski definition) is 1. The van der Waals surface area contributed by atoms with Crippen LogP contribution in [-0.4, -0.2) is 35.0 Å². The zero-order valence-electron chi connectivity index (χ0n) is 13.8. The quantitative estimate of drug-likeness (QED) is 0.617. The van der Waals surface area contributed by atoms with Crippen molar-refractivity contribution in [3.05, 3.63) is 33.9 Å². The molecule has 5 nitrogen and oxygen atoms in total. The molecule has 1 saturated heterocycles. The van der Waals surface area contributed by atoms with Gasteiger partial charge in [-0.15, -0.1) is 0 Å². The first-order chi connectivity index (χ1) is 11.2. The van der Waals surface area contributed by atoms with Crippen molar-refractivity contribution < 1.29 is 18.1 Å². The first kappa shape index (κ1) is 18.5. The van der Waals surface area contributed by atoms with Gasteiger partial charge in [-0.2, -0.15) is 13.2 Å². The Hall–Kier alpha value is -1.83. The summed E-state index contributed by atoms with van der Waals surface area (Å²) >= 11 is 0. The van der Waals surface area contributed by atoms with E-state index >= 15 is 0 Å². The second-order valence-electron chi connectivity index (χ2n) is 6.25. The molecular formula is C16H22F3N3O2. The fraction of sp³-hybridized carbons (Fsp3) is 0.625. The Morgan fingerprint density at radius 3 is 2.75 bits per heavy atom. The highest BCUT2D eigenvalue weighted by molar-refractivity contribution is 5.55. The van der Waals surface area contributed by atoms with E-state index in [-0.39, 0.29) is 11.7 Å². The molecule has 1 aromatic rings. The fourth-order valence-electron chi connectivity index (χ4n) is 3.15. The van der Waals surface area contributed by atoms with Crippen LogP contribution in [0.5, 0.6) is 0 Å². The minimum absolute atomic E-state index is 0.0480. The van der Waals surface area contributed by atoms with Crippen molar-refractivity contribution in [2.24, 2.45) is 0 Å². The van der Waals surface area contributed by atoms with Gasteiger partial charge in [-0.3, -0.25) is 15.0 Å². The number of nitrogens with zero attached hydrogens (tertiary/aromatic N) is 2. The molecule has 1 fully saturated rings. The molecule has 0 radical (unpaired) electrons. The molecule has 24 heavy (non-hydrogen) atoms. The molecule has 0 aliphatic carbocycles. The van der Waals surface area contributed by atoms with Crippen molar-refractivity contribution in [3.63, 3.8) is 0 Å². The van der Waals surface area contributed by atoms with Gasteiger partial charge in [-0.1, -0.05) is 13.3 Å². The lowest BCUT2D eigenvalue weighted by Gasteiger charge is -2.24. The fourth-order valence-corrected chi connectivity index (χ4v) is 3.15. The summed E-state index contributed by atoms with van der Waals surface area (Å²) in [5, 5.41) is 13.9. The highest BCUT2D eigenvalue weighted by atomic mass is 19.4. The lowest BCUT2D eigenvalue weighted by Crippen LogP contribution is -2.33. The van der Waals surface area contributed by atoms with Crippen molar-refractivity contribution in [2.45, 2.75) is 51.4 Å². The highest BCUT2D eigenvalue weighted by Gasteiger charge is 2.38. The first-order valence-electron chi connectivity index (χ1n) is 8.08. The molecule has 0 saturated carbocycles. The molecule has 0 spiro atoms. The van der Waals surface area contributed by atoms with E-state index in [1.165, 1.54) is 6.07 Å². The van der Waals surface area contributed by atoms with Crippen molar-refractivity contribution in [1.82, 2.24) is 4.90 Å². The highest BCUT2D eigenvalue weighted by Crippen LogP contribution is 2.37. The van der Waals surface area contributed by atoms with Crippen molar-refractivity contribution in [3.8, 4) is 0 Å². The van der Waals surface area contributed by atoms with E-state index in [2.05, 4.69) is 24.1 Å². The number of nitro benzene ring substituents is 1. The summed E-state index contributed by atoms with van der Waals surface area (Å²) in [4.78, 5) is 12.1. The Labute approximate surface area is 139 Å². The maximum Gasteiger partial charge on any atom is 0.423 e. The summed E-state index contributed by atoms with van der Waals surface area (Å²) in [5.41, 5.74) is -1.87. The van der Waals surface area contributed by atoms with E-state index in [1.807, 2.05) is 0 Å². The van der Waals surface area contributed by atoms with Crippen LogP contribution in [0.4, 0.5) is 24.5 Å². The number of nitrogens with one attached hydrogen (secondary N) is 1. The topological polar surface area (TPSA) is 58.4 Å². The van der Waals surface area contributed by atoms with Gasteiger partial charge in [0.25, 0.3) is 5.69 Å². The number of hydrogen-bond acceptors (Lipinski definition) is 4. The summed E-state index contributed by atoms with van der Waals surface area (Å²) in [5.74, 6) is 0. The molecule has 1 N–H and O–H groups in total. The molecule has 1 heterocycles. The van der Waals surface area contributed by atoms with E-state index in [4.69, 9.17) is 0 Å². The molecule has 0 amide bonds. The van der Waals surface area contributed by atoms with Gasteiger partial charge in [0, 0.05) is 36.9 Å². The molecule has 0 aromatic heterocycles. The maximum atomic E-state index is 13.0. The predicted octanol–water partition coefficient (Wildman–Crippen LogP) is 4.29. The van der Waals surface area contributed by atoms with Crippen LogP contribution in [0.1, 0.15) is 38.7 Å². The number of halogens is 3. The van der Waals surface area contributed by atoms with Crippen LogP contribution in [-0.2, 0) is 6.18 Å². The number of alkyl halides is 3. The van der Waals surface area contributed by atoms with E-state index < -0.39 is 22.4 Å². The monoisotopic (exact) mass is 345 g/mol. The molecule has 134 valence electrons. The van der Waals surface area contributed by atoms with Crippen molar-refractivity contribution in [1.29, 1.82) is 0 Å². The van der Waals surface area contributed by atoms with Gasteiger partial charge in [0.05, 0.1) is 4.92 Å². The third kappa shape index (κ3) is 4.37. The molecule has 1 aliphatic heterocycles. The molecule has 2 unspecified atom stereocenters. The van der Waals surface area contributed by atoms with Gasteiger partial charge in [0.15, 0.2) is 0 Å². The van der Waals surface area contributed by atoms with Gasteiger partial charge in [0.2, 0.25) is 0 Å². The number of nitro groups is 1. The van der Waals surface area contributed by atoms with E-state index in [9.17, 15) is 23.3 Å². The number of anilines is 1. The van der Waals surface area contributed by atoms with Gasteiger partial charge >= 0.3 is 6.18 Å². The lowest BCUT2D eigenvalue weighted by molar-refractivity contribution is -0.388. The van der Waals surface area contributed by atoms with Crippen LogP contribution in [0.2, 0.25) is 0 Å². The zero-order chi connectivity index (χ0) is 17.9. The molecule has 1 aromatic carbocycles. The normalized spacial score (nSPS) is 20.1. The van der Waals surface area contributed by atoms with Crippen molar-refractivity contribution in [2.75, 3.05) is 18.4 Å². The maximum absolute atomic E-state index is 13.0. The van der Waals surface area contributed by atoms with Crippen molar-refractivity contribution >= 4 is 11.4 Å². The van der Waals surface area contributed by atoms with Crippen LogP contribution < -0.4 is 5.32 Å². The molecule has 0 bridgehead atoms. The summed E-state index contributed by atoms with van der Waals surface area (Å²) < 4.78 is 39.0. The summed E-state index contributed by atoms with van der Waals surface area (Å²) in [6, 6.07) is 3.58. The Balaban J connectivity index is 2.10. The van der Waals surface area contributed by atoms with Crippen LogP contribution in [0.15, 0.2) is 18.2 Å². The minimum Gasteiger partial charge on any atom is -0.381 e. The average molecular weight is 345 g/mol. The lowest BCUT2D eigenvalue weighted by atomic mass is 10.1. The second kappa shape index (κ2) is 7.38. The van der Waals surface area contributed by atoms with Gasteiger partial charge in [0.1, 0.15) is 5.56 Å². The summed E-state index contributed by atoms with van der Waals surface area (Å²) in [6.45, 7) is 5.94. The summed E-state index contributed by atoms with van der Waals surface area (Å²) in [7, 11) is 0. The van der Waals surface area contributed by atoms with Crippen LogP contribution >= 0.6 is 0 Å². The Kier molecular flexibility index (Phi) is 5.69. The Morgan fingerprint density at radius 1 is 1.46 bits per heavy atom. The molecule has 1 aliphatic rings. The third-order valence-corrected chi connectivity index (χ3v) is 4.42. The molecule has 8 heteroatoms. The van der Waals surface area contributed by atoms with Crippen LogP contribution in [0, 0.1) is 10.1 Å². The van der Waals surface area contributed by atoms with Crippen LogP contribution in [0.25, 0.3) is 0 Å². The Bertz CT molecular complexity index is 592. The number of benzene rings is 1. The van der Waals surface area contributed by atoms with Gasteiger partial charge in [-0.25, -0.2) is 0 Å². The Morgan fingerprint density at radius 2 is 2.17 bits per heavy atom. The second-order valence-corrected chi connectivity index (χ2v) is 6.25. The van der Waals surface area contributed by atoms with Crippen LogP contribution in [0.3, 0.4) is 0 Å². The largest absolute Gasteiger partial charge is 0.423 e. The smallest absolute Gasteiger partial charge is 0.381 e. The van der Waals surface area contributed by atoms with E-state index in [1.54, 1.807) is 0 Å². The standard InChI is InChI=1S/C16H22F3N3O2/c1-3-4-11(2)21-8-7-13(10-21)20-12-5-6-15(22(23)24)14(9-12)16(17,18)19/h5-6,9,11,13,20H,3-4,7-8,10H2,1-2H3. The van der Waals surface area contributed by atoms with E-state index in [0.717, 1.165) is 44.5 Å². The molecule has 2 rings (SSSR count). The number of rotatable bonds is 6. The SMILES string of the molecule is CCCC(C)N1CCC(Nc2ccc([N+](=O)[O-])c(C(F)(F)F)c2)C1. The summed E-state index contributed by atoms with van der Waals surface area (Å²) in [6.07, 6.45) is -1.74. The zero-order valence-corrected chi connectivity index (χ0v) is 13.8. The average Bonchev–Trinajstić information content (AvgIpc) is 2.95. The van der Waals surface area contributed by atoms with Gasteiger partial charge in [-0.05, 0) is 31.9 Å².